The maximum Gasteiger partial charge on any atom is 0.158 e. The molecule has 0 aliphatic rings. The van der Waals surface area contributed by atoms with Gasteiger partial charge in [-0.25, -0.2) is 9.97 Å². The van der Waals surface area contributed by atoms with Crippen LogP contribution in [0.1, 0.15) is 28.4 Å². The highest BCUT2D eigenvalue weighted by Gasteiger charge is 2.15. The molecule has 26 heavy (non-hydrogen) atoms. The summed E-state index contributed by atoms with van der Waals surface area (Å²) in [6.45, 7) is 4.52. The zero-order valence-corrected chi connectivity index (χ0v) is 14.8. The summed E-state index contributed by atoms with van der Waals surface area (Å²) in [5.74, 6) is 1.50. The third-order valence-corrected chi connectivity index (χ3v) is 4.09. The summed E-state index contributed by atoms with van der Waals surface area (Å²) >= 11 is 0. The highest BCUT2D eigenvalue weighted by Crippen LogP contribution is 2.25. The Balaban J connectivity index is 1.80. The van der Waals surface area contributed by atoms with E-state index in [9.17, 15) is 0 Å². The van der Waals surface area contributed by atoms with E-state index in [1.54, 1.807) is 6.20 Å². The molecule has 1 atom stereocenters. The molecule has 0 spiro atoms. The van der Waals surface area contributed by atoms with Crippen LogP contribution in [0.5, 0.6) is 5.75 Å². The second-order valence-electron chi connectivity index (χ2n) is 6.04. The molecule has 0 bridgehead atoms. The first-order chi connectivity index (χ1) is 12.7. The minimum absolute atomic E-state index is 0.0996. The van der Waals surface area contributed by atoms with E-state index in [2.05, 4.69) is 15.3 Å². The van der Waals surface area contributed by atoms with Gasteiger partial charge in [-0.2, -0.15) is 5.26 Å². The van der Waals surface area contributed by atoms with Crippen LogP contribution in [0.25, 0.3) is 0 Å². The lowest BCUT2D eigenvalue weighted by Gasteiger charge is -2.21. The zero-order chi connectivity index (χ0) is 18.4. The summed E-state index contributed by atoms with van der Waals surface area (Å²) in [6, 6.07) is 18.0. The van der Waals surface area contributed by atoms with Crippen molar-refractivity contribution in [3.05, 3.63) is 83.3 Å². The molecule has 0 fully saturated rings. The number of aromatic nitrogens is 2. The molecule has 0 amide bonds. The van der Waals surface area contributed by atoms with Crippen molar-refractivity contribution in [3.8, 4) is 11.8 Å². The quantitative estimate of drug-likeness (QED) is 0.726. The molecule has 5 heteroatoms. The molecule has 3 rings (SSSR count). The predicted molar refractivity (Wildman–Crippen MR) is 101 cm³/mol. The number of benzene rings is 2. The lowest BCUT2D eigenvalue weighted by Crippen LogP contribution is -2.20. The number of nitriles is 1. The molecule has 130 valence electrons. The maximum atomic E-state index is 8.86. The first-order valence-electron chi connectivity index (χ1n) is 8.40. The van der Waals surface area contributed by atoms with Crippen LogP contribution in [0.15, 0.2) is 60.9 Å². The fourth-order valence-corrected chi connectivity index (χ4v) is 2.74. The summed E-state index contributed by atoms with van der Waals surface area (Å²) in [7, 11) is 0. The number of anilines is 1. The van der Waals surface area contributed by atoms with Crippen molar-refractivity contribution in [2.24, 2.45) is 0 Å². The molecule has 2 aromatic carbocycles. The highest BCUT2D eigenvalue weighted by molar-refractivity contribution is 5.41. The molecular weight excluding hydrogens is 324 g/mol. The van der Waals surface area contributed by atoms with E-state index in [4.69, 9.17) is 10.00 Å². The first kappa shape index (κ1) is 17.4. The molecule has 1 aromatic heterocycles. The van der Waals surface area contributed by atoms with Crippen molar-refractivity contribution >= 4 is 5.82 Å². The van der Waals surface area contributed by atoms with Gasteiger partial charge in [0.15, 0.2) is 5.69 Å². The van der Waals surface area contributed by atoms with E-state index in [1.165, 1.54) is 6.20 Å². The van der Waals surface area contributed by atoms with Crippen molar-refractivity contribution in [2.75, 3.05) is 11.9 Å². The van der Waals surface area contributed by atoms with Crippen LogP contribution >= 0.6 is 0 Å². The Morgan fingerprint density at radius 3 is 2.35 bits per heavy atom. The minimum Gasteiger partial charge on any atom is -0.491 e. The molecule has 0 saturated heterocycles. The minimum atomic E-state index is -0.0996. The van der Waals surface area contributed by atoms with Gasteiger partial charge in [-0.3, -0.25) is 0 Å². The van der Waals surface area contributed by atoms with Gasteiger partial charge in [-0.05, 0) is 30.5 Å². The normalized spacial score (nSPS) is 11.4. The fourth-order valence-electron chi connectivity index (χ4n) is 2.74. The Labute approximate surface area is 153 Å². The third-order valence-electron chi connectivity index (χ3n) is 4.09. The van der Waals surface area contributed by atoms with Crippen molar-refractivity contribution in [3.63, 3.8) is 0 Å². The van der Waals surface area contributed by atoms with E-state index in [1.807, 2.05) is 68.4 Å². The number of nitrogens with one attached hydrogen (secondary N) is 1. The molecule has 1 heterocycles. The van der Waals surface area contributed by atoms with Gasteiger partial charge in [-0.15, -0.1) is 0 Å². The smallest absolute Gasteiger partial charge is 0.158 e. The van der Waals surface area contributed by atoms with Crippen molar-refractivity contribution < 1.29 is 4.74 Å². The fraction of sp³-hybridized carbons (Fsp3) is 0.190. The Kier molecular flexibility index (Phi) is 5.45. The lowest BCUT2D eigenvalue weighted by molar-refractivity contribution is 0.295. The van der Waals surface area contributed by atoms with Crippen LogP contribution < -0.4 is 10.1 Å². The lowest BCUT2D eigenvalue weighted by atomic mass is 10.1. The van der Waals surface area contributed by atoms with E-state index >= 15 is 0 Å². The Morgan fingerprint density at radius 1 is 1.00 bits per heavy atom. The van der Waals surface area contributed by atoms with Gasteiger partial charge in [-0.1, -0.05) is 48.5 Å². The Bertz CT molecular complexity index is 881. The topological polar surface area (TPSA) is 70.8 Å². The molecule has 0 aliphatic heterocycles. The van der Waals surface area contributed by atoms with Crippen LogP contribution in [0.4, 0.5) is 5.82 Å². The SMILES string of the molecule is Cc1cccc(C)c1OCC(Nc1cnc(C#N)cn1)c1ccccc1. The molecule has 3 aromatic rings. The Morgan fingerprint density at radius 2 is 1.73 bits per heavy atom. The molecule has 0 radical (unpaired) electrons. The van der Waals surface area contributed by atoms with E-state index < -0.39 is 0 Å². The first-order valence-corrected chi connectivity index (χ1v) is 8.40. The van der Waals surface area contributed by atoms with Gasteiger partial charge in [0.05, 0.1) is 18.4 Å². The summed E-state index contributed by atoms with van der Waals surface area (Å²) in [6.07, 6.45) is 3.02. The van der Waals surface area contributed by atoms with E-state index in [0.717, 1.165) is 22.4 Å². The van der Waals surface area contributed by atoms with E-state index in [-0.39, 0.29) is 6.04 Å². The maximum absolute atomic E-state index is 8.86. The summed E-state index contributed by atoms with van der Waals surface area (Å²) in [5.41, 5.74) is 3.59. The number of para-hydroxylation sites is 1. The number of ether oxygens (including phenoxy) is 1. The number of aryl methyl sites for hydroxylation is 2. The second-order valence-corrected chi connectivity index (χ2v) is 6.04. The highest BCUT2D eigenvalue weighted by atomic mass is 16.5. The molecular formula is C21H20N4O. The molecule has 0 saturated carbocycles. The molecule has 0 aliphatic carbocycles. The predicted octanol–water partition coefficient (Wildman–Crippen LogP) is 4.20. The molecule has 1 N–H and O–H groups in total. The van der Waals surface area contributed by atoms with Crippen LogP contribution in [-0.4, -0.2) is 16.6 Å². The number of nitrogens with zero attached hydrogens (tertiary/aromatic N) is 3. The van der Waals surface area contributed by atoms with Crippen LogP contribution in [0.2, 0.25) is 0 Å². The molecule has 5 nitrogen and oxygen atoms in total. The van der Waals surface area contributed by atoms with Crippen LogP contribution in [0, 0.1) is 25.2 Å². The van der Waals surface area contributed by atoms with Crippen molar-refractivity contribution in [2.45, 2.75) is 19.9 Å². The summed E-state index contributed by atoms with van der Waals surface area (Å²) < 4.78 is 6.14. The second kappa shape index (κ2) is 8.13. The van der Waals surface area contributed by atoms with Gasteiger partial charge in [0.1, 0.15) is 24.2 Å². The average molecular weight is 344 g/mol. The monoisotopic (exact) mass is 344 g/mol. The zero-order valence-electron chi connectivity index (χ0n) is 14.8. The number of hydrogen-bond donors (Lipinski definition) is 1. The summed E-state index contributed by atoms with van der Waals surface area (Å²) in [5, 5.41) is 12.2. The van der Waals surface area contributed by atoms with Gasteiger partial charge in [0.25, 0.3) is 0 Å². The largest absolute Gasteiger partial charge is 0.491 e. The van der Waals surface area contributed by atoms with Crippen molar-refractivity contribution in [1.29, 1.82) is 5.26 Å². The van der Waals surface area contributed by atoms with Crippen LogP contribution in [-0.2, 0) is 0 Å². The van der Waals surface area contributed by atoms with Gasteiger partial charge >= 0.3 is 0 Å². The number of rotatable bonds is 6. The molecule has 1 unspecified atom stereocenters. The van der Waals surface area contributed by atoms with Crippen molar-refractivity contribution in [1.82, 2.24) is 9.97 Å². The standard InChI is InChI=1S/C21H20N4O/c1-15-7-6-8-16(2)21(15)26-14-19(17-9-4-3-5-10-17)25-20-13-23-18(11-22)12-24-20/h3-10,12-13,19H,14H2,1-2H3,(H,24,25). The van der Waals surface area contributed by atoms with Gasteiger partial charge < -0.3 is 10.1 Å². The average Bonchev–Trinajstić information content (AvgIpc) is 2.68. The van der Waals surface area contributed by atoms with Gasteiger partial charge in [0, 0.05) is 0 Å². The summed E-state index contributed by atoms with van der Waals surface area (Å²) in [4.78, 5) is 8.32. The third kappa shape index (κ3) is 4.17. The van der Waals surface area contributed by atoms with Gasteiger partial charge in [0.2, 0.25) is 0 Å². The Hall–Kier alpha value is -3.39. The number of hydrogen-bond acceptors (Lipinski definition) is 5. The van der Waals surface area contributed by atoms with E-state index in [0.29, 0.717) is 18.1 Å². The van der Waals surface area contributed by atoms with Crippen LogP contribution in [0.3, 0.4) is 0 Å².